The van der Waals surface area contributed by atoms with Crippen LogP contribution in [0.4, 0.5) is 5.82 Å². The summed E-state index contributed by atoms with van der Waals surface area (Å²) in [5, 5.41) is 17.3. The number of nitrogens with one attached hydrogen (secondary N) is 2. The fourth-order valence-corrected chi connectivity index (χ4v) is 2.72. The van der Waals surface area contributed by atoms with E-state index in [1.807, 2.05) is 12.1 Å². The van der Waals surface area contributed by atoms with Crippen LogP contribution in [-0.2, 0) is 0 Å². The molecule has 0 saturated heterocycles. The lowest BCUT2D eigenvalue weighted by molar-refractivity contribution is 1.12. The van der Waals surface area contributed by atoms with E-state index >= 15 is 0 Å². The zero-order valence-corrected chi connectivity index (χ0v) is 12.8. The van der Waals surface area contributed by atoms with Gasteiger partial charge in [-0.3, -0.25) is 5.10 Å². The van der Waals surface area contributed by atoms with Crippen LogP contribution < -0.4 is 5.73 Å². The molecule has 0 radical (unpaired) electrons. The third-order valence-corrected chi connectivity index (χ3v) is 3.85. The van der Waals surface area contributed by atoms with Gasteiger partial charge < -0.3 is 10.7 Å². The number of nitriles is 1. The minimum atomic E-state index is 0.0525. The Morgan fingerprint density at radius 2 is 2.04 bits per heavy atom. The van der Waals surface area contributed by atoms with Crippen LogP contribution in [-0.4, -0.2) is 30.1 Å². The van der Waals surface area contributed by atoms with E-state index in [0.717, 1.165) is 10.9 Å². The first-order valence-electron chi connectivity index (χ1n) is 6.86. The summed E-state index contributed by atoms with van der Waals surface area (Å²) in [6.07, 6.45) is 4.80. The average molecular weight is 337 g/mol. The highest BCUT2D eigenvalue weighted by Crippen LogP contribution is 2.33. The quantitative estimate of drug-likeness (QED) is 0.515. The van der Waals surface area contributed by atoms with Gasteiger partial charge >= 0.3 is 0 Å². The second kappa shape index (κ2) is 5.33. The van der Waals surface area contributed by atoms with Crippen molar-refractivity contribution >= 4 is 28.3 Å². The van der Waals surface area contributed by atoms with Gasteiger partial charge in [0.15, 0.2) is 11.5 Å². The van der Waals surface area contributed by atoms with Crippen LogP contribution in [0.3, 0.4) is 0 Å². The molecule has 0 spiro atoms. The highest BCUT2D eigenvalue weighted by Gasteiger charge is 2.18. The first-order chi connectivity index (χ1) is 11.7. The zero-order chi connectivity index (χ0) is 16.7. The van der Waals surface area contributed by atoms with Crippen LogP contribution in [0.1, 0.15) is 5.69 Å². The molecule has 24 heavy (non-hydrogen) atoms. The molecule has 116 valence electrons. The number of H-pyrrole nitrogens is 2. The van der Waals surface area contributed by atoms with Crippen LogP contribution in [0, 0.1) is 11.3 Å². The molecular formula is C15H9ClN8. The standard InChI is InChI=1S/C15H9ClN8/c16-9-2-7(1-8-4-21-24-12(8)9)13-14(11-5-19-6-20-11)23-15(18)10(3-17)22-13/h1-2,4-6H,(H2,18,23)(H,19,20)(H,21,24). The molecule has 4 rings (SSSR count). The van der Waals surface area contributed by atoms with Gasteiger partial charge in [-0.1, -0.05) is 11.6 Å². The number of hydrogen-bond donors (Lipinski definition) is 3. The predicted octanol–water partition coefficient (Wildman–Crippen LogP) is 2.52. The van der Waals surface area contributed by atoms with Crippen molar-refractivity contribution in [2.24, 2.45) is 0 Å². The minimum absolute atomic E-state index is 0.0525. The molecule has 9 heteroatoms. The molecule has 3 heterocycles. The number of halogens is 1. The number of benzene rings is 1. The summed E-state index contributed by atoms with van der Waals surface area (Å²) in [4.78, 5) is 15.6. The van der Waals surface area contributed by atoms with Crippen molar-refractivity contribution in [1.29, 1.82) is 5.26 Å². The fourth-order valence-electron chi connectivity index (χ4n) is 2.46. The molecule has 0 aliphatic rings. The zero-order valence-electron chi connectivity index (χ0n) is 12.1. The van der Waals surface area contributed by atoms with Gasteiger partial charge in [0, 0.05) is 10.9 Å². The molecule has 0 bridgehead atoms. The molecule has 4 N–H and O–H groups in total. The minimum Gasteiger partial charge on any atom is -0.381 e. The molecule has 1 aromatic carbocycles. The number of fused-ring (bicyclic) bond motifs is 1. The van der Waals surface area contributed by atoms with Gasteiger partial charge in [0.1, 0.15) is 11.8 Å². The molecule has 0 atom stereocenters. The van der Waals surface area contributed by atoms with Crippen LogP contribution in [0.2, 0.25) is 5.02 Å². The number of imidazole rings is 1. The van der Waals surface area contributed by atoms with E-state index in [1.54, 1.807) is 18.5 Å². The first kappa shape index (κ1) is 14.2. The van der Waals surface area contributed by atoms with Gasteiger partial charge in [0.25, 0.3) is 0 Å². The Morgan fingerprint density at radius 3 is 2.79 bits per heavy atom. The van der Waals surface area contributed by atoms with Gasteiger partial charge in [-0.25, -0.2) is 15.0 Å². The van der Waals surface area contributed by atoms with E-state index in [9.17, 15) is 5.26 Å². The summed E-state index contributed by atoms with van der Waals surface area (Å²) >= 11 is 6.31. The van der Waals surface area contributed by atoms with Crippen molar-refractivity contribution in [2.45, 2.75) is 0 Å². The smallest absolute Gasteiger partial charge is 0.183 e. The molecule has 0 aliphatic carbocycles. The third kappa shape index (κ3) is 2.15. The number of nitrogen functional groups attached to an aromatic ring is 1. The normalized spacial score (nSPS) is 10.8. The summed E-state index contributed by atoms with van der Waals surface area (Å²) in [7, 11) is 0. The number of aromatic nitrogens is 6. The Bertz CT molecular complexity index is 1090. The summed E-state index contributed by atoms with van der Waals surface area (Å²) in [6, 6.07) is 5.56. The molecule has 8 nitrogen and oxygen atoms in total. The first-order valence-corrected chi connectivity index (χ1v) is 7.24. The monoisotopic (exact) mass is 336 g/mol. The van der Waals surface area contributed by atoms with Crippen LogP contribution in [0.15, 0.2) is 30.9 Å². The van der Waals surface area contributed by atoms with E-state index in [4.69, 9.17) is 17.3 Å². The number of nitrogens with zero attached hydrogens (tertiary/aromatic N) is 5. The SMILES string of the molecule is N#Cc1nc(-c2cc(Cl)c3[nH]ncc3c2)c(-c2cnc[nH]2)nc1N. The van der Waals surface area contributed by atoms with Gasteiger partial charge in [0.05, 0.1) is 40.6 Å². The van der Waals surface area contributed by atoms with Crippen LogP contribution >= 0.6 is 11.6 Å². The lowest BCUT2D eigenvalue weighted by atomic mass is 10.1. The Balaban J connectivity index is 2.03. The second-order valence-corrected chi connectivity index (χ2v) is 5.43. The van der Waals surface area contributed by atoms with E-state index in [1.165, 1.54) is 6.33 Å². The van der Waals surface area contributed by atoms with Crippen LogP contribution in [0.5, 0.6) is 0 Å². The van der Waals surface area contributed by atoms with Crippen molar-refractivity contribution < 1.29 is 0 Å². The Kier molecular flexibility index (Phi) is 3.15. The molecule has 0 fully saturated rings. The molecule has 0 saturated carbocycles. The molecule has 0 aliphatic heterocycles. The van der Waals surface area contributed by atoms with E-state index < -0.39 is 0 Å². The number of aromatic amines is 2. The lowest BCUT2D eigenvalue weighted by Gasteiger charge is -2.09. The molecule has 4 aromatic rings. The number of rotatable bonds is 2. The van der Waals surface area contributed by atoms with Gasteiger partial charge in [-0.2, -0.15) is 10.4 Å². The van der Waals surface area contributed by atoms with E-state index in [0.29, 0.717) is 27.7 Å². The molecule has 3 aromatic heterocycles. The van der Waals surface area contributed by atoms with Gasteiger partial charge in [-0.05, 0) is 12.1 Å². The van der Waals surface area contributed by atoms with Crippen molar-refractivity contribution in [1.82, 2.24) is 30.1 Å². The number of nitrogens with two attached hydrogens (primary N) is 1. The van der Waals surface area contributed by atoms with Crippen molar-refractivity contribution in [3.8, 4) is 28.7 Å². The highest BCUT2D eigenvalue weighted by atomic mass is 35.5. The van der Waals surface area contributed by atoms with Crippen molar-refractivity contribution in [2.75, 3.05) is 5.73 Å². The maximum Gasteiger partial charge on any atom is 0.183 e. The molecular weight excluding hydrogens is 328 g/mol. The maximum absolute atomic E-state index is 9.21. The summed E-state index contributed by atoms with van der Waals surface area (Å²) in [6.45, 7) is 0. The maximum atomic E-state index is 9.21. The van der Waals surface area contributed by atoms with Gasteiger partial charge in [0.2, 0.25) is 0 Å². The Labute approximate surface area is 140 Å². The Hall–Kier alpha value is -3.44. The van der Waals surface area contributed by atoms with Crippen molar-refractivity contribution in [3.63, 3.8) is 0 Å². The van der Waals surface area contributed by atoms with E-state index in [2.05, 4.69) is 30.1 Å². The molecule has 0 amide bonds. The molecule has 0 unspecified atom stereocenters. The number of hydrogen-bond acceptors (Lipinski definition) is 6. The summed E-state index contributed by atoms with van der Waals surface area (Å²) in [5.74, 6) is 0.0568. The third-order valence-electron chi connectivity index (χ3n) is 3.56. The van der Waals surface area contributed by atoms with E-state index in [-0.39, 0.29) is 11.5 Å². The average Bonchev–Trinajstić information content (AvgIpc) is 3.26. The second-order valence-electron chi connectivity index (χ2n) is 5.02. The summed E-state index contributed by atoms with van der Waals surface area (Å²) in [5.41, 5.74) is 8.90. The van der Waals surface area contributed by atoms with Crippen LogP contribution in [0.25, 0.3) is 33.5 Å². The summed E-state index contributed by atoms with van der Waals surface area (Å²) < 4.78 is 0. The van der Waals surface area contributed by atoms with Gasteiger partial charge in [-0.15, -0.1) is 0 Å². The Morgan fingerprint density at radius 1 is 1.17 bits per heavy atom. The topological polar surface area (TPSA) is 133 Å². The highest BCUT2D eigenvalue weighted by molar-refractivity contribution is 6.35. The lowest BCUT2D eigenvalue weighted by Crippen LogP contribution is -2.03. The fraction of sp³-hybridized carbons (Fsp3) is 0. The largest absolute Gasteiger partial charge is 0.381 e. The number of anilines is 1. The predicted molar refractivity (Wildman–Crippen MR) is 88.8 cm³/mol. The van der Waals surface area contributed by atoms with Crippen molar-refractivity contribution in [3.05, 3.63) is 41.6 Å².